The first-order valence-electron chi connectivity index (χ1n) is 6.92. The second kappa shape index (κ2) is 8.76. The molecule has 0 saturated heterocycles. The smallest absolute Gasteiger partial charge is 0.0458 e. The van der Waals surface area contributed by atoms with Crippen LogP contribution in [-0.2, 0) is 0 Å². The minimum atomic E-state index is 0. The third-order valence-electron chi connectivity index (χ3n) is 3.99. The van der Waals surface area contributed by atoms with Crippen LogP contribution in [0.3, 0.4) is 0 Å². The van der Waals surface area contributed by atoms with Gasteiger partial charge in [-0.1, -0.05) is 38.5 Å². The van der Waals surface area contributed by atoms with Crippen LogP contribution in [-0.4, -0.2) is 42.7 Å². The van der Waals surface area contributed by atoms with Crippen molar-refractivity contribution in [1.82, 2.24) is 10.6 Å². The van der Waals surface area contributed by atoms with Crippen LogP contribution in [0.4, 0.5) is 0 Å². The topological polar surface area (TPSA) is 24.1 Å². The van der Waals surface area contributed by atoms with Gasteiger partial charge in [-0.05, 0) is 25.7 Å². The van der Waals surface area contributed by atoms with Crippen molar-refractivity contribution in [2.45, 2.75) is 76.3 Å². The molecule has 2 N–H and O–H groups in total. The molecule has 0 aromatic rings. The molecule has 0 aliphatic heterocycles. The van der Waals surface area contributed by atoms with Crippen molar-refractivity contribution < 1.29 is 0 Å². The Bertz CT molecular complexity index is 145. The molecule has 0 unspecified atom stereocenters. The predicted molar refractivity (Wildman–Crippen MR) is 70.6 cm³/mol. The van der Waals surface area contributed by atoms with Gasteiger partial charge in [-0.25, -0.2) is 0 Å². The normalized spacial score (nSPS) is 24.0. The maximum Gasteiger partial charge on any atom is 0.0458 e. The van der Waals surface area contributed by atoms with Crippen LogP contribution >= 0.6 is 0 Å². The molecule has 2 aliphatic rings. The van der Waals surface area contributed by atoms with Crippen LogP contribution in [0.25, 0.3) is 0 Å². The van der Waals surface area contributed by atoms with E-state index in [0.29, 0.717) is 0 Å². The van der Waals surface area contributed by atoms with E-state index in [2.05, 4.69) is 10.6 Å². The minimum Gasteiger partial charge on any atom is -0.302 e. The van der Waals surface area contributed by atoms with E-state index in [4.69, 9.17) is 0 Å². The molecule has 0 amide bonds. The van der Waals surface area contributed by atoms with E-state index in [1.54, 1.807) is 0 Å². The molecule has 2 rings (SSSR count). The fourth-order valence-electron chi connectivity index (χ4n) is 2.96. The quantitative estimate of drug-likeness (QED) is 0.611. The van der Waals surface area contributed by atoms with Gasteiger partial charge in [0, 0.05) is 42.7 Å². The van der Waals surface area contributed by atoms with Crippen molar-refractivity contribution in [1.29, 1.82) is 0 Å². The summed E-state index contributed by atoms with van der Waals surface area (Å²) < 4.78 is 0. The van der Waals surface area contributed by atoms with Crippen LogP contribution in [0.2, 0.25) is 0 Å². The van der Waals surface area contributed by atoms with Gasteiger partial charge >= 0.3 is 0 Å². The van der Waals surface area contributed by atoms with Gasteiger partial charge in [0.1, 0.15) is 0 Å². The Morgan fingerprint density at radius 3 is 1.38 bits per heavy atom. The molecule has 92 valence electrons. The summed E-state index contributed by atoms with van der Waals surface area (Å²) in [6.45, 7) is 1.04. The number of hydrogen-bond acceptors (Lipinski definition) is 2. The van der Waals surface area contributed by atoms with Crippen molar-refractivity contribution in [3.8, 4) is 0 Å². The van der Waals surface area contributed by atoms with E-state index in [9.17, 15) is 0 Å². The van der Waals surface area contributed by atoms with Gasteiger partial charge in [0.25, 0.3) is 0 Å². The van der Waals surface area contributed by atoms with Crippen molar-refractivity contribution in [2.75, 3.05) is 6.67 Å². The summed E-state index contributed by atoms with van der Waals surface area (Å²) in [6.07, 6.45) is 14.2. The zero-order valence-corrected chi connectivity index (χ0v) is 13.3. The second-order valence-electron chi connectivity index (χ2n) is 5.25. The average Bonchev–Trinajstić information content (AvgIpc) is 2.32. The largest absolute Gasteiger partial charge is 0.302 e. The zero-order valence-electron chi connectivity index (χ0n) is 10.4. The number of hydrogen-bond donors (Lipinski definition) is 2. The first-order chi connectivity index (χ1) is 7.45. The summed E-state index contributed by atoms with van der Waals surface area (Å²) in [5.41, 5.74) is 0. The molecule has 0 aromatic carbocycles. The average molecular weight is 329 g/mol. The van der Waals surface area contributed by atoms with Gasteiger partial charge in [0.15, 0.2) is 0 Å². The van der Waals surface area contributed by atoms with Crippen LogP contribution in [0, 0.1) is 0 Å². The monoisotopic (exact) mass is 330 g/mol. The van der Waals surface area contributed by atoms with Crippen LogP contribution in [0.1, 0.15) is 64.2 Å². The first-order valence-corrected chi connectivity index (χ1v) is 6.92. The van der Waals surface area contributed by atoms with Crippen molar-refractivity contribution in [3.05, 3.63) is 0 Å². The molecule has 2 nitrogen and oxygen atoms in total. The standard InChI is InChI=1S/C13H26N2.Sn/c1-3-7-12(8-4-1)14-11-15-13-9-5-2-6-10-13;/h12-15H,1-11H2;. The fraction of sp³-hybridized carbons (Fsp3) is 1.00. The number of rotatable bonds is 4. The molecule has 0 aromatic heterocycles. The Balaban J connectivity index is 0.00000128. The van der Waals surface area contributed by atoms with Crippen molar-refractivity contribution in [3.63, 3.8) is 0 Å². The summed E-state index contributed by atoms with van der Waals surface area (Å²) in [4.78, 5) is 0. The molecule has 0 spiro atoms. The van der Waals surface area contributed by atoms with Gasteiger partial charge in [0.2, 0.25) is 0 Å². The minimum absolute atomic E-state index is 0. The van der Waals surface area contributed by atoms with Gasteiger partial charge in [-0.2, -0.15) is 0 Å². The molecule has 0 heterocycles. The van der Waals surface area contributed by atoms with Gasteiger partial charge in [0.05, 0.1) is 0 Å². The van der Waals surface area contributed by atoms with E-state index < -0.39 is 0 Å². The van der Waals surface area contributed by atoms with Gasteiger partial charge < -0.3 is 10.6 Å². The van der Waals surface area contributed by atoms with E-state index in [0.717, 1.165) is 18.8 Å². The fourth-order valence-corrected chi connectivity index (χ4v) is 2.96. The Morgan fingerprint density at radius 1 is 0.625 bits per heavy atom. The SMILES string of the molecule is C1CCC(NCNC2CCCCC2)CC1.[Sn]. The number of nitrogens with one attached hydrogen (secondary N) is 2. The summed E-state index contributed by atoms with van der Waals surface area (Å²) in [7, 11) is 0. The second-order valence-corrected chi connectivity index (χ2v) is 5.25. The molecule has 3 heteroatoms. The Morgan fingerprint density at radius 2 is 1.00 bits per heavy atom. The zero-order chi connectivity index (χ0) is 10.3. The first kappa shape index (κ1) is 14.8. The summed E-state index contributed by atoms with van der Waals surface area (Å²) in [5, 5.41) is 7.32. The Labute approximate surface area is 117 Å². The van der Waals surface area contributed by atoms with Crippen molar-refractivity contribution in [2.24, 2.45) is 0 Å². The van der Waals surface area contributed by atoms with Crippen LogP contribution in [0.15, 0.2) is 0 Å². The third-order valence-corrected chi connectivity index (χ3v) is 3.99. The van der Waals surface area contributed by atoms with Crippen LogP contribution in [0.5, 0.6) is 0 Å². The molecule has 0 bridgehead atoms. The maximum atomic E-state index is 3.66. The van der Waals surface area contributed by atoms with Crippen LogP contribution < -0.4 is 10.6 Å². The van der Waals surface area contributed by atoms with E-state index in [1.165, 1.54) is 64.2 Å². The molecule has 2 aliphatic carbocycles. The molecule has 16 heavy (non-hydrogen) atoms. The molecular formula is C13H26N2Sn. The van der Waals surface area contributed by atoms with Gasteiger partial charge in [-0.3, -0.25) is 0 Å². The maximum absolute atomic E-state index is 3.66. The summed E-state index contributed by atoms with van der Waals surface area (Å²) in [6, 6.07) is 1.60. The molecule has 2 fully saturated rings. The summed E-state index contributed by atoms with van der Waals surface area (Å²) in [5.74, 6) is 0. The predicted octanol–water partition coefficient (Wildman–Crippen LogP) is 2.41. The van der Waals surface area contributed by atoms with Gasteiger partial charge in [-0.15, -0.1) is 0 Å². The van der Waals surface area contributed by atoms with E-state index in [-0.39, 0.29) is 23.9 Å². The molecular weight excluding hydrogens is 303 g/mol. The third kappa shape index (κ3) is 5.37. The van der Waals surface area contributed by atoms with E-state index in [1.807, 2.05) is 0 Å². The molecule has 2 saturated carbocycles. The van der Waals surface area contributed by atoms with E-state index >= 15 is 0 Å². The Kier molecular flexibility index (Phi) is 8.09. The summed E-state index contributed by atoms with van der Waals surface area (Å²) >= 11 is 0. The van der Waals surface area contributed by atoms with Crippen molar-refractivity contribution >= 4 is 23.9 Å². The molecule has 0 atom stereocenters. The molecule has 4 radical (unpaired) electrons. The Hall–Kier alpha value is 0.719.